The first-order chi connectivity index (χ1) is 10.4. The molecule has 8 heteroatoms. The Morgan fingerprint density at radius 1 is 1.27 bits per heavy atom. The van der Waals surface area contributed by atoms with Crippen molar-refractivity contribution in [2.24, 2.45) is 4.99 Å². The van der Waals surface area contributed by atoms with E-state index in [1.807, 2.05) is 18.2 Å². The number of aliphatic imine (C=N–C) groups is 1. The zero-order valence-electron chi connectivity index (χ0n) is 12.2. The van der Waals surface area contributed by atoms with Crippen molar-refractivity contribution in [1.82, 2.24) is 10.6 Å². The third-order valence-corrected chi connectivity index (χ3v) is 2.86. The second-order valence-corrected chi connectivity index (χ2v) is 4.91. The molecule has 0 aliphatic heterocycles. The number of nitrogens with zero attached hydrogens (tertiary/aromatic N) is 1. The molecule has 0 amide bonds. The lowest BCUT2D eigenvalue weighted by Gasteiger charge is -2.13. The minimum atomic E-state index is -4.17. The Kier molecular flexibility index (Phi) is 8.05. The van der Waals surface area contributed by atoms with Crippen molar-refractivity contribution >= 4 is 17.6 Å². The fourth-order valence-corrected chi connectivity index (χ4v) is 1.81. The summed E-state index contributed by atoms with van der Waals surface area (Å²) >= 11 is 5.85. The molecular weight excluding hydrogens is 319 g/mol. The van der Waals surface area contributed by atoms with E-state index in [0.29, 0.717) is 30.7 Å². The minimum absolute atomic E-state index is 0.216. The van der Waals surface area contributed by atoms with Crippen molar-refractivity contribution in [3.63, 3.8) is 0 Å². The fourth-order valence-electron chi connectivity index (χ4n) is 1.60. The highest BCUT2D eigenvalue weighted by Crippen LogP contribution is 2.18. The van der Waals surface area contributed by atoms with Gasteiger partial charge in [-0.25, -0.2) is 0 Å². The highest BCUT2D eigenvalue weighted by atomic mass is 35.5. The number of rotatable bonds is 7. The quantitative estimate of drug-likeness (QED) is 0.457. The molecule has 2 N–H and O–H groups in total. The molecule has 22 heavy (non-hydrogen) atoms. The zero-order valence-corrected chi connectivity index (χ0v) is 13.0. The van der Waals surface area contributed by atoms with Crippen molar-refractivity contribution in [2.45, 2.75) is 19.2 Å². The Labute approximate surface area is 132 Å². The SMILES string of the molecule is CN=C(NCCOCc1cccc(Cl)c1)NCCC(F)(F)F. The number of alkyl halides is 3. The first kappa shape index (κ1) is 18.6. The average molecular weight is 338 g/mol. The standard InChI is InChI=1S/C14H19ClF3N3O/c1-19-13(20-6-5-14(16,17)18)21-7-8-22-10-11-3-2-4-12(15)9-11/h2-4,9H,5-8,10H2,1H3,(H2,19,20,21). The molecule has 1 aromatic rings. The molecule has 0 aliphatic carbocycles. The van der Waals surface area contributed by atoms with Crippen LogP contribution in [-0.2, 0) is 11.3 Å². The molecule has 0 heterocycles. The Morgan fingerprint density at radius 3 is 2.64 bits per heavy atom. The lowest BCUT2D eigenvalue weighted by Crippen LogP contribution is -2.40. The van der Waals surface area contributed by atoms with Gasteiger partial charge in [-0.1, -0.05) is 23.7 Å². The maximum atomic E-state index is 12.0. The van der Waals surface area contributed by atoms with Crippen LogP contribution >= 0.6 is 11.6 Å². The molecule has 0 aromatic heterocycles. The molecule has 1 rings (SSSR count). The van der Waals surface area contributed by atoms with Gasteiger partial charge in [0.1, 0.15) is 0 Å². The van der Waals surface area contributed by atoms with Gasteiger partial charge in [0.25, 0.3) is 0 Å². The van der Waals surface area contributed by atoms with Gasteiger partial charge in [0, 0.05) is 25.2 Å². The molecular formula is C14H19ClF3N3O. The highest BCUT2D eigenvalue weighted by Gasteiger charge is 2.26. The van der Waals surface area contributed by atoms with E-state index in [4.69, 9.17) is 16.3 Å². The van der Waals surface area contributed by atoms with E-state index in [1.54, 1.807) is 6.07 Å². The van der Waals surface area contributed by atoms with Crippen LogP contribution in [0.15, 0.2) is 29.3 Å². The number of halogens is 4. The summed E-state index contributed by atoms with van der Waals surface area (Å²) < 4.78 is 41.5. The lowest BCUT2D eigenvalue weighted by atomic mass is 10.2. The molecule has 0 radical (unpaired) electrons. The molecule has 0 bridgehead atoms. The summed E-state index contributed by atoms with van der Waals surface area (Å²) in [5.74, 6) is 0.315. The lowest BCUT2D eigenvalue weighted by molar-refractivity contribution is -0.132. The minimum Gasteiger partial charge on any atom is -0.375 e. The van der Waals surface area contributed by atoms with Gasteiger partial charge in [-0.15, -0.1) is 0 Å². The molecule has 1 aromatic carbocycles. The highest BCUT2D eigenvalue weighted by molar-refractivity contribution is 6.30. The van der Waals surface area contributed by atoms with Crippen LogP contribution < -0.4 is 10.6 Å². The van der Waals surface area contributed by atoms with Crippen LogP contribution in [0, 0.1) is 0 Å². The van der Waals surface area contributed by atoms with Crippen LogP contribution in [0.25, 0.3) is 0 Å². The Balaban J connectivity index is 2.14. The van der Waals surface area contributed by atoms with Gasteiger partial charge >= 0.3 is 6.18 Å². The van der Waals surface area contributed by atoms with Crippen LogP contribution in [-0.4, -0.2) is 38.9 Å². The van der Waals surface area contributed by atoms with Gasteiger partial charge in [0.05, 0.1) is 19.6 Å². The average Bonchev–Trinajstić information content (AvgIpc) is 2.44. The van der Waals surface area contributed by atoms with Gasteiger partial charge in [-0.2, -0.15) is 13.2 Å². The van der Waals surface area contributed by atoms with Crippen molar-refractivity contribution in [2.75, 3.05) is 26.7 Å². The van der Waals surface area contributed by atoms with Crippen molar-refractivity contribution in [3.05, 3.63) is 34.9 Å². The number of ether oxygens (including phenoxy) is 1. The predicted octanol–water partition coefficient (Wildman–Crippen LogP) is 2.97. The summed E-state index contributed by atoms with van der Waals surface area (Å²) in [5, 5.41) is 6.11. The molecule has 0 aliphatic rings. The van der Waals surface area contributed by atoms with Crippen LogP contribution in [0.5, 0.6) is 0 Å². The van der Waals surface area contributed by atoms with E-state index in [2.05, 4.69) is 15.6 Å². The van der Waals surface area contributed by atoms with Crippen molar-refractivity contribution in [1.29, 1.82) is 0 Å². The molecule has 0 spiro atoms. The Hall–Kier alpha value is -1.47. The van der Waals surface area contributed by atoms with Gasteiger partial charge in [0.2, 0.25) is 0 Å². The molecule has 0 saturated heterocycles. The molecule has 0 atom stereocenters. The van der Waals surface area contributed by atoms with Crippen LogP contribution in [0.4, 0.5) is 13.2 Å². The second-order valence-electron chi connectivity index (χ2n) is 4.47. The maximum absolute atomic E-state index is 12.0. The third kappa shape index (κ3) is 8.74. The number of hydrogen-bond acceptors (Lipinski definition) is 2. The first-order valence-electron chi connectivity index (χ1n) is 6.74. The summed E-state index contributed by atoms with van der Waals surface area (Å²) in [5.41, 5.74) is 0.959. The monoisotopic (exact) mass is 337 g/mol. The van der Waals surface area contributed by atoms with E-state index in [0.717, 1.165) is 5.56 Å². The smallest absolute Gasteiger partial charge is 0.375 e. The summed E-state index contributed by atoms with van der Waals surface area (Å²) in [6, 6.07) is 7.33. The second kappa shape index (κ2) is 9.53. The molecule has 124 valence electrons. The third-order valence-electron chi connectivity index (χ3n) is 2.62. The largest absolute Gasteiger partial charge is 0.390 e. The van der Waals surface area contributed by atoms with E-state index >= 15 is 0 Å². The zero-order chi connectivity index (χ0) is 16.4. The summed E-state index contributed by atoms with van der Waals surface area (Å²) in [4.78, 5) is 3.83. The van der Waals surface area contributed by atoms with Crippen LogP contribution in [0.1, 0.15) is 12.0 Å². The van der Waals surface area contributed by atoms with Crippen molar-refractivity contribution in [3.8, 4) is 0 Å². The topological polar surface area (TPSA) is 45.7 Å². The normalized spacial score (nSPS) is 12.3. The number of hydrogen-bond donors (Lipinski definition) is 2. The van der Waals surface area contributed by atoms with E-state index < -0.39 is 12.6 Å². The van der Waals surface area contributed by atoms with Crippen molar-refractivity contribution < 1.29 is 17.9 Å². The predicted molar refractivity (Wildman–Crippen MR) is 81.1 cm³/mol. The number of guanidine groups is 1. The van der Waals surface area contributed by atoms with E-state index in [1.165, 1.54) is 7.05 Å². The van der Waals surface area contributed by atoms with Gasteiger partial charge in [-0.3, -0.25) is 4.99 Å². The number of nitrogens with one attached hydrogen (secondary N) is 2. The van der Waals surface area contributed by atoms with E-state index in [-0.39, 0.29) is 6.54 Å². The van der Waals surface area contributed by atoms with E-state index in [9.17, 15) is 13.2 Å². The molecule has 0 unspecified atom stereocenters. The van der Waals surface area contributed by atoms with Gasteiger partial charge in [-0.05, 0) is 17.7 Å². The number of benzene rings is 1. The fraction of sp³-hybridized carbons (Fsp3) is 0.500. The Bertz CT molecular complexity index is 481. The molecule has 4 nitrogen and oxygen atoms in total. The first-order valence-corrected chi connectivity index (χ1v) is 7.12. The van der Waals surface area contributed by atoms with Crippen LogP contribution in [0.3, 0.4) is 0 Å². The van der Waals surface area contributed by atoms with Gasteiger partial charge in [0.15, 0.2) is 5.96 Å². The molecule has 0 saturated carbocycles. The summed E-state index contributed by atoms with van der Waals surface area (Å²) in [6.45, 7) is 1.04. The Morgan fingerprint density at radius 2 is 2.00 bits per heavy atom. The summed E-state index contributed by atoms with van der Waals surface area (Å²) in [6.07, 6.45) is -5.08. The molecule has 0 fully saturated rings. The van der Waals surface area contributed by atoms with Crippen LogP contribution in [0.2, 0.25) is 5.02 Å². The maximum Gasteiger partial charge on any atom is 0.390 e. The van der Waals surface area contributed by atoms with Gasteiger partial charge < -0.3 is 15.4 Å². The summed E-state index contributed by atoms with van der Waals surface area (Å²) in [7, 11) is 1.50.